The number of hydrogen-bond acceptors (Lipinski definition) is 7. The van der Waals surface area contributed by atoms with Gasteiger partial charge >= 0.3 is 0 Å². The van der Waals surface area contributed by atoms with Gasteiger partial charge in [0.25, 0.3) is 0 Å². The Labute approximate surface area is 231 Å². The molecule has 0 aliphatic carbocycles. The van der Waals surface area contributed by atoms with Crippen LogP contribution in [0.5, 0.6) is 0 Å². The Hall–Kier alpha value is -3.75. The number of pyridine rings is 1. The van der Waals surface area contributed by atoms with E-state index in [0.717, 1.165) is 41.8 Å². The molecular formula is C26H23BrClFN8O. The van der Waals surface area contributed by atoms with Crippen molar-refractivity contribution in [1.29, 1.82) is 5.26 Å². The molecule has 5 rings (SSSR count). The first kappa shape index (κ1) is 25.9. The molecule has 1 fully saturated rings. The van der Waals surface area contributed by atoms with E-state index in [2.05, 4.69) is 47.9 Å². The van der Waals surface area contributed by atoms with Crippen LogP contribution in [0.3, 0.4) is 0 Å². The smallest absolute Gasteiger partial charge is 0.219 e. The first-order valence-electron chi connectivity index (χ1n) is 12.0. The van der Waals surface area contributed by atoms with Crippen LogP contribution in [0.4, 0.5) is 21.5 Å². The molecule has 1 saturated heterocycles. The number of nitrogens with one attached hydrogen (secondary N) is 2. The van der Waals surface area contributed by atoms with Gasteiger partial charge in [0.05, 0.1) is 40.6 Å². The summed E-state index contributed by atoms with van der Waals surface area (Å²) in [7, 11) is 0. The number of halogens is 3. The minimum atomic E-state index is -0.523. The Morgan fingerprint density at radius 1 is 1.26 bits per heavy atom. The topological polar surface area (TPSA) is 112 Å². The maximum atomic E-state index is 13.7. The van der Waals surface area contributed by atoms with E-state index >= 15 is 0 Å². The molecule has 0 unspecified atom stereocenters. The third-order valence-corrected chi connectivity index (χ3v) is 7.44. The van der Waals surface area contributed by atoms with E-state index in [1.54, 1.807) is 13.0 Å². The predicted molar refractivity (Wildman–Crippen MR) is 147 cm³/mol. The van der Waals surface area contributed by atoms with Gasteiger partial charge in [-0.1, -0.05) is 16.8 Å². The number of amides is 1. The number of fused-ring (bicyclic) bond motifs is 1. The molecule has 194 valence electrons. The zero-order valence-electron chi connectivity index (χ0n) is 20.4. The lowest BCUT2D eigenvalue weighted by Gasteiger charge is -2.30. The molecule has 0 atom stereocenters. The van der Waals surface area contributed by atoms with Crippen molar-refractivity contribution in [2.24, 2.45) is 0 Å². The van der Waals surface area contributed by atoms with Crippen LogP contribution in [0.1, 0.15) is 37.1 Å². The second-order valence-corrected chi connectivity index (χ2v) is 10.3. The lowest BCUT2D eigenvalue weighted by Crippen LogP contribution is -2.37. The summed E-state index contributed by atoms with van der Waals surface area (Å²) in [5.41, 5.74) is 3.63. The number of nitrogens with zero attached hydrogens (tertiary/aromatic N) is 6. The number of rotatable bonds is 6. The van der Waals surface area contributed by atoms with Crippen molar-refractivity contribution in [3.8, 4) is 6.07 Å². The Morgan fingerprint density at radius 2 is 2.05 bits per heavy atom. The van der Waals surface area contributed by atoms with Crippen LogP contribution in [-0.2, 0) is 11.3 Å². The molecule has 1 aliphatic heterocycles. The van der Waals surface area contributed by atoms with Gasteiger partial charge in [0, 0.05) is 47.4 Å². The van der Waals surface area contributed by atoms with Crippen LogP contribution in [-0.4, -0.2) is 43.9 Å². The molecule has 0 bridgehead atoms. The molecule has 4 aromatic rings. The number of nitriles is 1. The summed E-state index contributed by atoms with van der Waals surface area (Å²) in [6.07, 6.45) is 5.11. The highest BCUT2D eigenvalue weighted by atomic mass is 79.9. The fourth-order valence-corrected chi connectivity index (χ4v) is 5.25. The van der Waals surface area contributed by atoms with Gasteiger partial charge in [0.2, 0.25) is 5.91 Å². The minimum Gasteiger partial charge on any atom is -0.379 e. The van der Waals surface area contributed by atoms with Crippen LogP contribution < -0.4 is 10.6 Å². The summed E-state index contributed by atoms with van der Waals surface area (Å²) < 4.78 is 16.3. The average Bonchev–Trinajstić information content (AvgIpc) is 3.39. The maximum Gasteiger partial charge on any atom is 0.219 e. The number of benzene rings is 2. The van der Waals surface area contributed by atoms with Gasteiger partial charge in [0.1, 0.15) is 17.6 Å². The first-order valence-corrected chi connectivity index (χ1v) is 13.1. The number of anilines is 3. The second kappa shape index (κ2) is 10.9. The highest BCUT2D eigenvalue weighted by molar-refractivity contribution is 9.10. The van der Waals surface area contributed by atoms with E-state index in [1.807, 2.05) is 27.9 Å². The van der Waals surface area contributed by atoms with Crippen molar-refractivity contribution in [3.05, 3.63) is 69.3 Å². The molecule has 0 radical (unpaired) electrons. The maximum absolute atomic E-state index is 13.7. The minimum absolute atomic E-state index is 0.0205. The van der Waals surface area contributed by atoms with Gasteiger partial charge in [0.15, 0.2) is 0 Å². The van der Waals surface area contributed by atoms with Gasteiger partial charge in [-0.25, -0.2) is 9.07 Å². The first-order chi connectivity index (χ1) is 18.3. The number of aromatic nitrogens is 4. The molecule has 0 saturated carbocycles. The molecule has 12 heteroatoms. The van der Waals surface area contributed by atoms with E-state index in [9.17, 15) is 14.4 Å². The summed E-state index contributed by atoms with van der Waals surface area (Å²) in [5.74, 6) is -0.421. The molecule has 0 spiro atoms. The highest BCUT2D eigenvalue weighted by Gasteiger charge is 2.23. The van der Waals surface area contributed by atoms with Crippen LogP contribution in [0.15, 0.2) is 47.2 Å². The van der Waals surface area contributed by atoms with E-state index in [0.29, 0.717) is 34.4 Å². The van der Waals surface area contributed by atoms with E-state index in [4.69, 9.17) is 11.6 Å². The number of piperidine rings is 1. The van der Waals surface area contributed by atoms with Gasteiger partial charge in [-0.15, -0.1) is 5.10 Å². The van der Waals surface area contributed by atoms with Crippen LogP contribution in [0.2, 0.25) is 5.02 Å². The van der Waals surface area contributed by atoms with Gasteiger partial charge in [-0.05, 0) is 59.1 Å². The predicted octanol–water partition coefficient (Wildman–Crippen LogP) is 5.79. The van der Waals surface area contributed by atoms with Crippen molar-refractivity contribution >= 4 is 61.4 Å². The fourth-order valence-electron chi connectivity index (χ4n) is 4.51. The van der Waals surface area contributed by atoms with Gasteiger partial charge in [-0.3, -0.25) is 9.78 Å². The number of likely N-dealkylation sites (tertiary alicyclic amines) is 1. The highest BCUT2D eigenvalue weighted by Crippen LogP contribution is 2.35. The standard InChI is InChI=1S/C26H23BrClFN8O/c1-15(38)36-6-4-20(5-7-36)37-14-19(34-35-37)13-31-18-8-21-25(33-17-2-3-24(29)23(28)10-17)16(11-30)12-32-26(21)22(27)9-18/h2-3,8-10,12,14,20,31H,4-7,13H2,1H3,(H,32,33). The second-order valence-electron chi connectivity index (χ2n) is 9.05. The lowest BCUT2D eigenvalue weighted by molar-refractivity contribution is -0.130. The Bertz CT molecular complexity index is 1560. The molecule has 3 heterocycles. The summed E-state index contributed by atoms with van der Waals surface area (Å²) in [6, 6.07) is 10.5. The molecule has 2 aromatic heterocycles. The van der Waals surface area contributed by atoms with Crippen LogP contribution in [0.25, 0.3) is 10.9 Å². The lowest BCUT2D eigenvalue weighted by atomic mass is 10.1. The van der Waals surface area contributed by atoms with Crippen molar-refractivity contribution in [2.45, 2.75) is 32.4 Å². The normalized spacial score (nSPS) is 13.9. The zero-order chi connectivity index (χ0) is 26.8. The third-order valence-electron chi connectivity index (χ3n) is 6.55. The SMILES string of the molecule is CC(=O)N1CCC(n2cc(CNc3cc(Br)c4ncc(C#N)c(Nc5ccc(F)c(Cl)c5)c4c3)nn2)CC1. The Morgan fingerprint density at radius 3 is 2.76 bits per heavy atom. The quantitative estimate of drug-likeness (QED) is 0.289. The third kappa shape index (κ3) is 5.42. The molecule has 9 nitrogen and oxygen atoms in total. The Balaban J connectivity index is 1.36. The molecule has 1 aliphatic rings. The van der Waals surface area contributed by atoms with Crippen molar-refractivity contribution in [1.82, 2.24) is 24.9 Å². The summed E-state index contributed by atoms with van der Waals surface area (Å²) in [4.78, 5) is 17.9. The van der Waals surface area contributed by atoms with Crippen molar-refractivity contribution < 1.29 is 9.18 Å². The number of hydrogen-bond donors (Lipinski definition) is 2. The van der Waals surface area contributed by atoms with Crippen molar-refractivity contribution in [3.63, 3.8) is 0 Å². The average molecular weight is 598 g/mol. The summed E-state index contributed by atoms with van der Waals surface area (Å²) in [5, 5.41) is 25.6. The van der Waals surface area contributed by atoms with Gasteiger partial charge in [-0.2, -0.15) is 5.26 Å². The molecule has 1 amide bonds. The van der Waals surface area contributed by atoms with Crippen LogP contribution >= 0.6 is 27.5 Å². The largest absolute Gasteiger partial charge is 0.379 e. The zero-order valence-corrected chi connectivity index (χ0v) is 22.7. The fraction of sp³-hybridized carbons (Fsp3) is 0.269. The summed E-state index contributed by atoms with van der Waals surface area (Å²) >= 11 is 9.54. The van der Waals surface area contributed by atoms with E-state index < -0.39 is 5.82 Å². The molecule has 2 aromatic carbocycles. The number of carbonyl (C=O) groups excluding carboxylic acids is 1. The van der Waals surface area contributed by atoms with Crippen LogP contribution in [0, 0.1) is 17.1 Å². The van der Waals surface area contributed by atoms with Crippen molar-refractivity contribution in [2.75, 3.05) is 23.7 Å². The van der Waals surface area contributed by atoms with E-state index in [1.165, 1.54) is 18.3 Å². The van der Waals surface area contributed by atoms with Gasteiger partial charge < -0.3 is 15.5 Å². The monoisotopic (exact) mass is 596 g/mol. The summed E-state index contributed by atoms with van der Waals surface area (Å²) in [6.45, 7) is 3.47. The molecular weight excluding hydrogens is 575 g/mol. The number of carbonyl (C=O) groups is 1. The molecule has 2 N–H and O–H groups in total. The van der Waals surface area contributed by atoms with E-state index in [-0.39, 0.29) is 17.0 Å². The Kier molecular flexibility index (Phi) is 7.44. The molecule has 38 heavy (non-hydrogen) atoms.